The topological polar surface area (TPSA) is 119 Å². The van der Waals surface area contributed by atoms with Crippen molar-refractivity contribution in [2.75, 3.05) is 34.0 Å². The number of carbonyl (C=O) groups excluding carboxylic acids is 1. The Morgan fingerprint density at radius 3 is 1.47 bits per heavy atom. The molecule has 0 aromatic heterocycles. The second-order valence-electron chi connectivity index (χ2n) is 22.8. The molecule has 55 heavy (non-hydrogen) atoms. The Hall–Kier alpha value is 0.0175. The number of hydrogen-bond acceptors (Lipinski definition) is 9. The third kappa shape index (κ3) is 13.3. The molecule has 14 heteroatoms. The van der Waals surface area contributed by atoms with Crippen LogP contribution in [0.4, 0.5) is 0 Å². The van der Waals surface area contributed by atoms with Crippen LogP contribution in [0.5, 0.6) is 0 Å². The molecule has 0 aromatic carbocycles. The zero-order valence-electron chi connectivity index (χ0n) is 40.1. The molecular weight excluding hydrogens is 763 g/mol. The molecule has 0 aromatic rings. The number of hydrogen-bond donors (Lipinski definition) is 2. The van der Waals surface area contributed by atoms with Crippen molar-refractivity contribution in [3.8, 4) is 0 Å². The van der Waals surface area contributed by atoms with E-state index in [1.165, 1.54) is 12.2 Å². The van der Waals surface area contributed by atoms with Crippen LogP contribution in [0.3, 0.4) is 0 Å². The van der Waals surface area contributed by atoms with Crippen molar-refractivity contribution in [2.24, 2.45) is 17.8 Å². The zero-order chi connectivity index (χ0) is 43.8. The van der Waals surface area contributed by atoms with Crippen molar-refractivity contribution >= 4 is 39.2 Å². The minimum atomic E-state index is -2.52. The molecule has 1 rings (SSSR count). The highest BCUT2D eigenvalue weighted by Gasteiger charge is 2.65. The number of rotatable bonds is 20. The van der Waals surface area contributed by atoms with E-state index >= 15 is 0 Å². The number of carbonyl (C=O) groups is 1. The second-order valence-corrected chi connectivity index (χ2v) is 42.0. The summed E-state index contributed by atoms with van der Waals surface area (Å²) in [5.41, 5.74) is -0.799. The van der Waals surface area contributed by atoms with Gasteiger partial charge in [0.25, 0.3) is 0 Å². The molecule has 8 atom stereocenters. The standard InChI is InChI=1S/C41H89NO9Si4/c1-29(26-43)35-41(14,49-35)36(51-55(23,24)40(11,12)13)31(28-48-53(19,20)38(5,6)7)34(45)30(27-47-52(17,18)37(2,3)4)32(25-33(44)42(15)46-16)50-54(21,22)39(8,9)10/h29-32,34-36,43,45H,25-28H2,1-24H3/t29-,30+,31-,32+,34+,35+,36-,41+/m0/s1. The van der Waals surface area contributed by atoms with Crippen molar-refractivity contribution in [2.45, 2.75) is 206 Å². The van der Waals surface area contributed by atoms with E-state index in [0.717, 1.165) is 0 Å². The van der Waals surface area contributed by atoms with Crippen LogP contribution in [0.15, 0.2) is 0 Å². The minimum absolute atomic E-state index is 0.000940. The summed E-state index contributed by atoms with van der Waals surface area (Å²) in [6.07, 6.45) is -2.64. The maximum Gasteiger partial charge on any atom is 0.248 e. The third-order valence-corrected chi connectivity index (χ3v) is 32.3. The van der Waals surface area contributed by atoms with Gasteiger partial charge in [0.05, 0.1) is 37.9 Å². The summed E-state index contributed by atoms with van der Waals surface area (Å²) >= 11 is 0. The fourth-order valence-electron chi connectivity index (χ4n) is 5.76. The summed E-state index contributed by atoms with van der Waals surface area (Å²) < 4.78 is 35.4. The SMILES string of the molecule is CON(C)C(=O)C[C@@H](O[Si](C)(C)C(C)(C)C)[C@@H](CO[Si](C)(C)C(C)(C)C)[C@@H](O)[C@H](CO[Si](C)(C)C(C)(C)C)[C@H](O[Si](C)(C)C(C)(C)C)[C@]1(C)O[C@@H]1[C@@H](C)CO. The lowest BCUT2D eigenvalue weighted by Gasteiger charge is -2.48. The minimum Gasteiger partial charge on any atom is -0.416 e. The lowest BCUT2D eigenvalue weighted by atomic mass is 9.78. The van der Waals surface area contributed by atoms with Crippen LogP contribution in [-0.4, -0.2) is 118 Å². The number of hydroxylamine groups is 2. The Balaban J connectivity index is 4.27. The molecule has 0 unspecified atom stereocenters. The highest BCUT2D eigenvalue weighted by molar-refractivity contribution is 6.75. The number of nitrogens with zero attached hydrogens (tertiary/aromatic N) is 1. The Kier molecular flexibility index (Phi) is 17.7. The van der Waals surface area contributed by atoms with E-state index in [4.69, 9.17) is 27.3 Å². The van der Waals surface area contributed by atoms with E-state index in [0.29, 0.717) is 0 Å². The summed E-state index contributed by atoms with van der Waals surface area (Å²) in [5, 5.41) is 24.4. The molecule has 0 aliphatic carbocycles. The monoisotopic (exact) mass is 852 g/mol. The Labute approximate surface area is 342 Å². The predicted molar refractivity (Wildman–Crippen MR) is 237 cm³/mol. The van der Waals surface area contributed by atoms with Crippen molar-refractivity contribution in [1.29, 1.82) is 0 Å². The summed E-state index contributed by atoms with van der Waals surface area (Å²) in [6.45, 7) is 48.6. The molecule has 328 valence electrons. The van der Waals surface area contributed by atoms with Crippen LogP contribution in [0.25, 0.3) is 0 Å². The average molecular weight is 853 g/mol. The van der Waals surface area contributed by atoms with Gasteiger partial charge in [-0.3, -0.25) is 9.63 Å². The van der Waals surface area contributed by atoms with E-state index in [9.17, 15) is 15.0 Å². The van der Waals surface area contributed by atoms with Crippen LogP contribution < -0.4 is 0 Å². The van der Waals surface area contributed by atoms with E-state index in [1.807, 2.05) is 6.92 Å². The summed E-state index contributed by atoms with van der Waals surface area (Å²) in [7, 11) is -6.64. The number of aliphatic hydroxyl groups is 2. The van der Waals surface area contributed by atoms with Gasteiger partial charge in [-0.05, 0) is 79.5 Å². The van der Waals surface area contributed by atoms with Gasteiger partial charge in [-0.25, -0.2) is 5.06 Å². The summed E-state index contributed by atoms with van der Waals surface area (Å²) in [5.74, 6) is -1.60. The van der Waals surface area contributed by atoms with Crippen molar-refractivity contribution in [3.63, 3.8) is 0 Å². The molecule has 0 spiro atoms. The molecule has 10 nitrogen and oxygen atoms in total. The van der Waals surface area contributed by atoms with Crippen molar-refractivity contribution in [3.05, 3.63) is 0 Å². The molecule has 1 heterocycles. The van der Waals surface area contributed by atoms with Gasteiger partial charge >= 0.3 is 0 Å². The van der Waals surface area contributed by atoms with Gasteiger partial charge in [-0.15, -0.1) is 0 Å². The summed E-state index contributed by atoms with van der Waals surface area (Å²) in [6, 6.07) is 0. The molecule has 0 saturated carbocycles. The lowest BCUT2D eigenvalue weighted by Crippen LogP contribution is -2.59. The Morgan fingerprint density at radius 2 is 1.11 bits per heavy atom. The van der Waals surface area contributed by atoms with Crippen LogP contribution >= 0.6 is 0 Å². The van der Waals surface area contributed by atoms with Gasteiger partial charge in [0.1, 0.15) is 5.60 Å². The molecule has 1 amide bonds. The molecule has 0 radical (unpaired) electrons. The highest BCUT2D eigenvalue weighted by atomic mass is 28.4. The van der Waals surface area contributed by atoms with Gasteiger partial charge in [0, 0.05) is 44.6 Å². The van der Waals surface area contributed by atoms with Crippen molar-refractivity contribution in [1.82, 2.24) is 5.06 Å². The normalized spacial score (nSPS) is 22.8. The highest BCUT2D eigenvalue weighted by Crippen LogP contribution is 2.52. The molecule has 2 N–H and O–H groups in total. The van der Waals surface area contributed by atoms with Gasteiger partial charge in [0.15, 0.2) is 33.3 Å². The first-order valence-corrected chi connectivity index (χ1v) is 32.3. The van der Waals surface area contributed by atoms with E-state index in [-0.39, 0.29) is 64.3 Å². The van der Waals surface area contributed by atoms with Crippen LogP contribution in [-0.2, 0) is 32.1 Å². The zero-order valence-corrected chi connectivity index (χ0v) is 44.1. The molecule has 1 saturated heterocycles. The van der Waals surface area contributed by atoms with E-state index < -0.39 is 69.0 Å². The van der Waals surface area contributed by atoms with Crippen LogP contribution in [0.1, 0.15) is 103 Å². The third-order valence-electron chi connectivity index (χ3n) is 14.4. The molecular formula is C41H89NO9Si4. The fourth-order valence-corrected chi connectivity index (χ4v) is 10.6. The Bertz CT molecular complexity index is 1240. The van der Waals surface area contributed by atoms with Gasteiger partial charge < -0.3 is 32.7 Å². The first-order chi connectivity index (χ1) is 24.2. The number of aliphatic hydroxyl groups excluding tert-OH is 2. The molecule has 1 aliphatic heterocycles. The van der Waals surface area contributed by atoms with Gasteiger partial charge in [-0.1, -0.05) is 90.0 Å². The average Bonchev–Trinajstić information content (AvgIpc) is 3.69. The largest absolute Gasteiger partial charge is 0.416 e. The Morgan fingerprint density at radius 1 is 0.727 bits per heavy atom. The molecule has 1 fully saturated rings. The second kappa shape index (κ2) is 18.3. The quantitative estimate of drug-likeness (QED) is 0.0702. The predicted octanol–water partition coefficient (Wildman–Crippen LogP) is 9.60. The maximum absolute atomic E-state index is 13.8. The number of amides is 1. The smallest absolute Gasteiger partial charge is 0.248 e. The van der Waals surface area contributed by atoms with E-state index in [1.54, 1.807) is 7.05 Å². The molecule has 0 bridgehead atoms. The molecule has 1 aliphatic rings. The lowest BCUT2D eigenvalue weighted by molar-refractivity contribution is -0.172. The van der Waals surface area contributed by atoms with Gasteiger partial charge in [-0.2, -0.15) is 0 Å². The van der Waals surface area contributed by atoms with E-state index in [2.05, 4.69) is 142 Å². The summed E-state index contributed by atoms with van der Waals surface area (Å²) in [4.78, 5) is 19.2. The van der Waals surface area contributed by atoms with Gasteiger partial charge in [0.2, 0.25) is 5.91 Å². The first-order valence-electron chi connectivity index (χ1n) is 20.7. The first kappa shape index (κ1) is 53.0. The van der Waals surface area contributed by atoms with Crippen LogP contribution in [0.2, 0.25) is 72.5 Å². The van der Waals surface area contributed by atoms with Crippen molar-refractivity contribution < 1.29 is 42.3 Å². The van der Waals surface area contributed by atoms with Crippen LogP contribution in [0, 0.1) is 17.8 Å². The fraction of sp³-hybridized carbons (Fsp3) is 0.976. The number of epoxide rings is 1. The number of ether oxygens (including phenoxy) is 1. The maximum atomic E-state index is 13.8.